The lowest BCUT2D eigenvalue weighted by Crippen LogP contribution is -2.27. The average molecular weight is 487 g/mol. The molecule has 3 aromatic carbocycles. The maximum atomic E-state index is 13.2. The first-order valence-corrected chi connectivity index (χ1v) is 11.6. The van der Waals surface area contributed by atoms with Gasteiger partial charge in [0.2, 0.25) is 10.0 Å². The van der Waals surface area contributed by atoms with Gasteiger partial charge in [-0.25, -0.2) is 17.6 Å². The second-order valence-electron chi connectivity index (χ2n) is 7.25. The van der Waals surface area contributed by atoms with E-state index in [0.29, 0.717) is 0 Å². The number of benzene rings is 3. The van der Waals surface area contributed by atoms with Crippen LogP contribution in [0.4, 0.5) is 10.1 Å². The predicted octanol–water partition coefficient (Wildman–Crippen LogP) is 3.45. The van der Waals surface area contributed by atoms with Crippen LogP contribution in [0.5, 0.6) is 5.75 Å². The van der Waals surface area contributed by atoms with Gasteiger partial charge in [0.15, 0.2) is 6.61 Å². The van der Waals surface area contributed by atoms with Crippen LogP contribution in [-0.2, 0) is 26.1 Å². The molecule has 0 aliphatic carbocycles. The molecule has 0 saturated carbocycles. The van der Waals surface area contributed by atoms with E-state index in [1.807, 2.05) is 6.07 Å². The molecule has 34 heavy (non-hydrogen) atoms. The Balaban J connectivity index is 1.73. The monoisotopic (exact) mass is 486 g/mol. The maximum absolute atomic E-state index is 13.2. The van der Waals surface area contributed by atoms with Crippen LogP contribution in [0.2, 0.25) is 0 Å². The van der Waals surface area contributed by atoms with Crippen molar-refractivity contribution in [2.24, 2.45) is 0 Å². The van der Waals surface area contributed by atoms with Crippen LogP contribution < -0.4 is 10.1 Å². The molecular weight excluding hydrogens is 463 g/mol. The molecule has 0 spiro atoms. The molecule has 0 heterocycles. The van der Waals surface area contributed by atoms with E-state index in [-0.39, 0.29) is 28.4 Å². The topological polar surface area (TPSA) is 102 Å². The third kappa shape index (κ3) is 6.18. The van der Waals surface area contributed by atoms with E-state index in [2.05, 4.69) is 5.32 Å². The van der Waals surface area contributed by atoms with Gasteiger partial charge in [0.05, 0.1) is 12.7 Å². The van der Waals surface area contributed by atoms with Crippen LogP contribution in [0.15, 0.2) is 77.7 Å². The summed E-state index contributed by atoms with van der Waals surface area (Å²) in [5.41, 5.74) is 0.916. The number of nitrogens with one attached hydrogen (secondary N) is 1. The van der Waals surface area contributed by atoms with Gasteiger partial charge in [0, 0.05) is 19.3 Å². The van der Waals surface area contributed by atoms with Gasteiger partial charge in [-0.2, -0.15) is 4.31 Å². The van der Waals surface area contributed by atoms with E-state index >= 15 is 0 Å². The largest absolute Gasteiger partial charge is 0.495 e. The van der Waals surface area contributed by atoms with E-state index < -0.39 is 34.3 Å². The highest BCUT2D eigenvalue weighted by atomic mass is 32.2. The smallest absolute Gasteiger partial charge is 0.338 e. The lowest BCUT2D eigenvalue weighted by Gasteiger charge is -2.19. The van der Waals surface area contributed by atoms with Crippen molar-refractivity contribution in [3.63, 3.8) is 0 Å². The summed E-state index contributed by atoms with van der Waals surface area (Å²) in [4.78, 5) is 24.3. The Hall–Kier alpha value is -3.76. The molecule has 0 aliphatic rings. The van der Waals surface area contributed by atoms with Crippen LogP contribution in [0.1, 0.15) is 15.9 Å². The molecular formula is C24H23FN2O6S. The maximum Gasteiger partial charge on any atom is 0.338 e. The van der Waals surface area contributed by atoms with Gasteiger partial charge < -0.3 is 14.8 Å². The van der Waals surface area contributed by atoms with E-state index in [0.717, 1.165) is 22.0 Å². The molecule has 0 aliphatic heterocycles. The summed E-state index contributed by atoms with van der Waals surface area (Å²) in [5, 5.41) is 2.40. The quantitative estimate of drug-likeness (QED) is 0.465. The molecule has 10 heteroatoms. The molecule has 0 aromatic heterocycles. The molecule has 0 radical (unpaired) electrons. The van der Waals surface area contributed by atoms with Gasteiger partial charge in [0.1, 0.15) is 16.5 Å². The fraction of sp³-hybridized carbons (Fsp3) is 0.167. The molecule has 0 saturated heterocycles. The zero-order chi connectivity index (χ0) is 24.7. The Morgan fingerprint density at radius 1 is 1.00 bits per heavy atom. The minimum Gasteiger partial charge on any atom is -0.495 e. The third-order valence-corrected chi connectivity index (χ3v) is 6.60. The zero-order valence-corrected chi connectivity index (χ0v) is 19.3. The Kier molecular flexibility index (Phi) is 7.98. The van der Waals surface area contributed by atoms with Gasteiger partial charge in [-0.15, -0.1) is 0 Å². The van der Waals surface area contributed by atoms with Crippen molar-refractivity contribution >= 4 is 27.6 Å². The number of methoxy groups -OCH3 is 1. The molecule has 1 N–H and O–H groups in total. The van der Waals surface area contributed by atoms with Crippen molar-refractivity contribution < 1.29 is 31.9 Å². The lowest BCUT2D eigenvalue weighted by molar-refractivity contribution is -0.119. The van der Waals surface area contributed by atoms with Crippen LogP contribution in [0, 0.1) is 5.82 Å². The molecule has 3 rings (SSSR count). The van der Waals surface area contributed by atoms with E-state index in [9.17, 15) is 22.4 Å². The molecule has 0 unspecified atom stereocenters. The molecule has 1 amide bonds. The lowest BCUT2D eigenvalue weighted by atomic mass is 10.2. The third-order valence-electron chi connectivity index (χ3n) is 4.78. The van der Waals surface area contributed by atoms with Crippen molar-refractivity contribution in [1.82, 2.24) is 4.31 Å². The summed E-state index contributed by atoms with van der Waals surface area (Å²) in [7, 11) is -1.29. The number of carbonyl (C=O) groups excluding carboxylic acids is 2. The van der Waals surface area contributed by atoms with E-state index in [4.69, 9.17) is 9.47 Å². The minimum absolute atomic E-state index is 0.0558. The Bertz CT molecular complexity index is 1280. The number of amides is 1. The number of hydrogen-bond acceptors (Lipinski definition) is 6. The summed E-state index contributed by atoms with van der Waals surface area (Å²) < 4.78 is 50.9. The van der Waals surface area contributed by atoms with Crippen molar-refractivity contribution in [3.8, 4) is 5.75 Å². The first-order chi connectivity index (χ1) is 16.2. The highest BCUT2D eigenvalue weighted by Gasteiger charge is 2.27. The van der Waals surface area contributed by atoms with Gasteiger partial charge >= 0.3 is 5.97 Å². The fourth-order valence-electron chi connectivity index (χ4n) is 3.08. The first-order valence-electron chi connectivity index (χ1n) is 10.1. The number of ether oxygens (including phenoxy) is 2. The highest BCUT2D eigenvalue weighted by Crippen LogP contribution is 2.28. The Labute approximate surface area is 197 Å². The first kappa shape index (κ1) is 24.9. The Morgan fingerprint density at radius 2 is 1.74 bits per heavy atom. The minimum atomic E-state index is -4.03. The summed E-state index contributed by atoms with van der Waals surface area (Å²) in [5.74, 6) is -2.05. The fourth-order valence-corrected chi connectivity index (χ4v) is 4.41. The molecule has 0 atom stereocenters. The van der Waals surface area contributed by atoms with Crippen LogP contribution in [0.3, 0.4) is 0 Å². The summed E-state index contributed by atoms with van der Waals surface area (Å²) in [6, 6.07) is 18.1. The highest BCUT2D eigenvalue weighted by molar-refractivity contribution is 7.89. The van der Waals surface area contributed by atoms with Crippen molar-refractivity contribution in [3.05, 3.63) is 89.7 Å². The summed E-state index contributed by atoms with van der Waals surface area (Å²) in [6.45, 7) is -0.529. The number of sulfonamides is 1. The van der Waals surface area contributed by atoms with Gasteiger partial charge in [-0.05, 0) is 42.0 Å². The van der Waals surface area contributed by atoms with Crippen LogP contribution >= 0.6 is 0 Å². The normalized spacial score (nSPS) is 11.2. The number of hydrogen-bond donors (Lipinski definition) is 1. The number of halogens is 1. The number of nitrogens with zero attached hydrogens (tertiary/aromatic N) is 1. The molecule has 0 fully saturated rings. The second-order valence-corrected chi connectivity index (χ2v) is 9.26. The Morgan fingerprint density at radius 3 is 2.41 bits per heavy atom. The van der Waals surface area contributed by atoms with Crippen LogP contribution in [0.25, 0.3) is 0 Å². The zero-order valence-electron chi connectivity index (χ0n) is 18.5. The van der Waals surface area contributed by atoms with Gasteiger partial charge in [-0.3, -0.25) is 4.79 Å². The van der Waals surface area contributed by atoms with Crippen molar-refractivity contribution in [2.45, 2.75) is 11.4 Å². The van der Waals surface area contributed by atoms with Crippen LogP contribution in [-0.4, -0.2) is 45.4 Å². The van der Waals surface area contributed by atoms with Gasteiger partial charge in [-0.1, -0.05) is 36.4 Å². The van der Waals surface area contributed by atoms with E-state index in [1.54, 1.807) is 24.3 Å². The number of carbonyl (C=O) groups is 2. The standard InChI is InChI=1S/C24H23FN2O6S/c1-27(15-17-7-4-3-5-8-17)34(30,31)22-13-18(11-12-21(22)32-2)24(29)33-16-23(28)26-20-10-6-9-19(25)14-20/h3-14H,15-16H2,1-2H3,(H,26,28). The van der Waals surface area contributed by atoms with Crippen molar-refractivity contribution in [1.29, 1.82) is 0 Å². The molecule has 8 nitrogen and oxygen atoms in total. The molecule has 0 bridgehead atoms. The number of esters is 1. The van der Waals surface area contributed by atoms with Crippen molar-refractivity contribution in [2.75, 3.05) is 26.1 Å². The molecule has 3 aromatic rings. The van der Waals surface area contributed by atoms with E-state index in [1.165, 1.54) is 44.5 Å². The SMILES string of the molecule is COc1ccc(C(=O)OCC(=O)Nc2cccc(F)c2)cc1S(=O)(=O)N(C)Cc1ccccc1. The average Bonchev–Trinajstić information content (AvgIpc) is 2.82. The number of anilines is 1. The van der Waals surface area contributed by atoms with Gasteiger partial charge in [0.25, 0.3) is 5.91 Å². The summed E-state index contributed by atoms with van der Waals surface area (Å²) >= 11 is 0. The summed E-state index contributed by atoms with van der Waals surface area (Å²) in [6.07, 6.45) is 0. The number of rotatable bonds is 9. The predicted molar refractivity (Wildman–Crippen MR) is 123 cm³/mol. The second kappa shape index (κ2) is 10.9. The molecule has 178 valence electrons.